The molecule has 2 aliphatic heterocycles. The van der Waals surface area contributed by atoms with Crippen LogP contribution in [0, 0.1) is 0 Å². The van der Waals surface area contributed by atoms with Crippen LogP contribution in [0.25, 0.3) is 0 Å². The van der Waals surface area contributed by atoms with E-state index in [9.17, 15) is 4.79 Å². The molecule has 0 saturated carbocycles. The molecule has 0 spiro atoms. The Kier molecular flexibility index (Phi) is 4.19. The van der Waals surface area contributed by atoms with Gasteiger partial charge in [-0.3, -0.25) is 0 Å². The number of allylic oxidation sites excluding steroid dienone is 1. The van der Waals surface area contributed by atoms with Crippen LogP contribution in [0.1, 0.15) is 37.2 Å². The van der Waals surface area contributed by atoms with Crippen molar-refractivity contribution in [1.82, 2.24) is 10.2 Å². The SMILES string of the molecule is O=C=C1CC[C@@H](CN2CCC(c3ccccc3)CC2)N1. The Labute approximate surface area is 120 Å². The second-order valence-corrected chi connectivity index (χ2v) is 5.95. The van der Waals surface area contributed by atoms with Gasteiger partial charge in [0, 0.05) is 19.0 Å². The van der Waals surface area contributed by atoms with E-state index >= 15 is 0 Å². The number of likely N-dealkylation sites (tertiary alicyclic amines) is 1. The fourth-order valence-electron chi connectivity index (χ4n) is 3.41. The van der Waals surface area contributed by atoms with Gasteiger partial charge in [0.1, 0.15) is 5.94 Å². The lowest BCUT2D eigenvalue weighted by molar-refractivity contribution is 0.197. The van der Waals surface area contributed by atoms with Crippen molar-refractivity contribution >= 4 is 5.94 Å². The normalized spacial score (nSPS) is 24.4. The fourth-order valence-corrected chi connectivity index (χ4v) is 3.41. The van der Waals surface area contributed by atoms with Crippen LogP contribution in [0.5, 0.6) is 0 Å². The molecule has 0 aromatic heterocycles. The average molecular weight is 270 g/mol. The van der Waals surface area contributed by atoms with Crippen molar-refractivity contribution in [2.24, 2.45) is 0 Å². The molecular weight excluding hydrogens is 248 g/mol. The van der Waals surface area contributed by atoms with Crippen LogP contribution in [0.15, 0.2) is 36.0 Å². The predicted octanol–water partition coefficient (Wildman–Crippen LogP) is 2.33. The molecule has 3 rings (SSSR count). The quantitative estimate of drug-likeness (QED) is 0.856. The Hall–Kier alpha value is -1.57. The van der Waals surface area contributed by atoms with Gasteiger partial charge in [-0.2, -0.15) is 0 Å². The lowest BCUT2D eigenvalue weighted by atomic mass is 9.89. The zero-order valence-electron chi connectivity index (χ0n) is 11.8. The van der Waals surface area contributed by atoms with Crippen molar-refractivity contribution in [2.75, 3.05) is 19.6 Å². The molecule has 3 heteroatoms. The van der Waals surface area contributed by atoms with Gasteiger partial charge in [0.05, 0.1) is 5.70 Å². The molecule has 2 heterocycles. The molecule has 0 aliphatic carbocycles. The highest BCUT2D eigenvalue weighted by atomic mass is 16.1. The third-order valence-corrected chi connectivity index (χ3v) is 4.58. The Bertz CT molecular complexity index is 485. The van der Waals surface area contributed by atoms with Crippen LogP contribution in [0.4, 0.5) is 0 Å². The molecule has 2 aliphatic rings. The summed E-state index contributed by atoms with van der Waals surface area (Å²) >= 11 is 0. The average Bonchev–Trinajstić information content (AvgIpc) is 2.97. The Morgan fingerprint density at radius 2 is 1.90 bits per heavy atom. The molecule has 1 atom stereocenters. The van der Waals surface area contributed by atoms with Crippen molar-refractivity contribution in [3.8, 4) is 0 Å². The zero-order valence-corrected chi connectivity index (χ0v) is 11.8. The van der Waals surface area contributed by atoms with E-state index in [1.807, 2.05) is 5.94 Å². The summed E-state index contributed by atoms with van der Waals surface area (Å²) in [5.74, 6) is 2.71. The first-order valence-corrected chi connectivity index (χ1v) is 7.63. The standard InChI is InChI=1S/C17H22N2O/c20-13-17-7-6-16(18-17)12-19-10-8-15(9-11-19)14-4-2-1-3-5-14/h1-5,15-16,18H,6-12H2/t16-/m0/s1. The smallest absolute Gasteiger partial charge is 0.145 e. The summed E-state index contributed by atoms with van der Waals surface area (Å²) in [6, 6.07) is 11.3. The van der Waals surface area contributed by atoms with E-state index in [4.69, 9.17) is 0 Å². The van der Waals surface area contributed by atoms with Gasteiger partial charge in [-0.1, -0.05) is 30.3 Å². The highest BCUT2D eigenvalue weighted by Crippen LogP contribution is 2.28. The van der Waals surface area contributed by atoms with Crippen LogP contribution in [0.2, 0.25) is 0 Å². The number of nitrogens with one attached hydrogen (secondary N) is 1. The fraction of sp³-hybridized carbons (Fsp3) is 0.529. The first-order chi connectivity index (χ1) is 9.85. The van der Waals surface area contributed by atoms with Crippen molar-refractivity contribution in [3.63, 3.8) is 0 Å². The summed E-state index contributed by atoms with van der Waals surface area (Å²) in [6.07, 6.45) is 4.43. The molecule has 1 aromatic carbocycles. The number of hydrogen-bond acceptors (Lipinski definition) is 3. The van der Waals surface area contributed by atoms with Crippen molar-refractivity contribution in [2.45, 2.75) is 37.6 Å². The maximum Gasteiger partial charge on any atom is 0.145 e. The monoisotopic (exact) mass is 270 g/mol. The number of nitrogens with zero attached hydrogens (tertiary/aromatic N) is 1. The Balaban J connectivity index is 1.48. The van der Waals surface area contributed by atoms with Crippen LogP contribution in [-0.2, 0) is 4.79 Å². The molecule has 20 heavy (non-hydrogen) atoms. The minimum absolute atomic E-state index is 0.444. The first kappa shape index (κ1) is 13.4. The molecule has 1 N–H and O–H groups in total. The van der Waals surface area contributed by atoms with Gasteiger partial charge in [-0.05, 0) is 43.8 Å². The molecule has 3 nitrogen and oxygen atoms in total. The summed E-state index contributed by atoms with van der Waals surface area (Å²) in [4.78, 5) is 13.1. The third-order valence-electron chi connectivity index (χ3n) is 4.58. The molecular formula is C17H22N2O. The van der Waals surface area contributed by atoms with Crippen LogP contribution in [0.3, 0.4) is 0 Å². The molecule has 2 saturated heterocycles. The minimum atomic E-state index is 0.444. The van der Waals surface area contributed by atoms with Gasteiger partial charge in [0.2, 0.25) is 0 Å². The van der Waals surface area contributed by atoms with Gasteiger partial charge in [-0.15, -0.1) is 0 Å². The lowest BCUT2D eigenvalue weighted by Gasteiger charge is -2.33. The highest BCUT2D eigenvalue weighted by Gasteiger charge is 2.25. The van der Waals surface area contributed by atoms with Crippen molar-refractivity contribution in [1.29, 1.82) is 0 Å². The van der Waals surface area contributed by atoms with Gasteiger partial charge < -0.3 is 10.2 Å². The van der Waals surface area contributed by atoms with E-state index in [0.717, 1.165) is 44.1 Å². The summed E-state index contributed by atoms with van der Waals surface area (Å²) in [5.41, 5.74) is 2.24. The number of hydrogen-bond donors (Lipinski definition) is 1. The third kappa shape index (κ3) is 3.12. The van der Waals surface area contributed by atoms with Crippen molar-refractivity contribution in [3.05, 3.63) is 41.6 Å². The molecule has 1 aromatic rings. The van der Waals surface area contributed by atoms with Crippen molar-refractivity contribution < 1.29 is 4.79 Å². The van der Waals surface area contributed by atoms with E-state index in [0.29, 0.717) is 6.04 Å². The highest BCUT2D eigenvalue weighted by molar-refractivity contribution is 5.52. The van der Waals surface area contributed by atoms with E-state index in [-0.39, 0.29) is 0 Å². The molecule has 0 amide bonds. The lowest BCUT2D eigenvalue weighted by Crippen LogP contribution is -2.41. The maximum atomic E-state index is 10.6. The molecule has 0 unspecified atom stereocenters. The van der Waals surface area contributed by atoms with Gasteiger partial charge in [0.25, 0.3) is 0 Å². The van der Waals surface area contributed by atoms with Gasteiger partial charge in [0.15, 0.2) is 0 Å². The number of piperidine rings is 1. The van der Waals surface area contributed by atoms with E-state index in [2.05, 4.69) is 40.5 Å². The predicted molar refractivity (Wildman–Crippen MR) is 80.2 cm³/mol. The molecule has 2 fully saturated rings. The first-order valence-electron chi connectivity index (χ1n) is 7.63. The summed E-state index contributed by atoms with van der Waals surface area (Å²) in [5, 5.41) is 3.28. The van der Waals surface area contributed by atoms with Crippen LogP contribution >= 0.6 is 0 Å². The second kappa shape index (κ2) is 6.25. The maximum absolute atomic E-state index is 10.6. The Morgan fingerprint density at radius 1 is 1.15 bits per heavy atom. The molecule has 106 valence electrons. The largest absolute Gasteiger partial charge is 0.375 e. The van der Waals surface area contributed by atoms with Gasteiger partial charge >= 0.3 is 0 Å². The summed E-state index contributed by atoms with van der Waals surface area (Å²) in [7, 11) is 0. The molecule has 0 radical (unpaired) electrons. The minimum Gasteiger partial charge on any atom is -0.375 e. The van der Waals surface area contributed by atoms with Crippen LogP contribution in [-0.4, -0.2) is 36.5 Å². The topological polar surface area (TPSA) is 32.3 Å². The number of rotatable bonds is 3. The van der Waals surface area contributed by atoms with E-state index in [1.165, 1.54) is 18.4 Å². The summed E-state index contributed by atoms with van der Waals surface area (Å²) in [6.45, 7) is 3.39. The zero-order chi connectivity index (χ0) is 13.8. The molecule has 0 bridgehead atoms. The van der Waals surface area contributed by atoms with Crippen LogP contribution < -0.4 is 5.32 Å². The second-order valence-electron chi connectivity index (χ2n) is 5.95. The van der Waals surface area contributed by atoms with Gasteiger partial charge in [-0.25, -0.2) is 4.79 Å². The number of benzene rings is 1. The Morgan fingerprint density at radius 3 is 2.55 bits per heavy atom. The van der Waals surface area contributed by atoms with E-state index < -0.39 is 0 Å². The summed E-state index contributed by atoms with van der Waals surface area (Å²) < 4.78 is 0. The van der Waals surface area contributed by atoms with E-state index in [1.54, 1.807) is 0 Å². The number of carbonyl (C=O) groups excluding carboxylic acids is 1.